The lowest BCUT2D eigenvalue weighted by atomic mass is 10.2. The molecule has 0 aliphatic carbocycles. The van der Waals surface area contributed by atoms with Gasteiger partial charge >= 0.3 is 5.97 Å². The summed E-state index contributed by atoms with van der Waals surface area (Å²) in [7, 11) is 0. The molecule has 108 valence electrons. The molecule has 0 saturated carbocycles. The summed E-state index contributed by atoms with van der Waals surface area (Å²) in [4.78, 5) is 21.3. The van der Waals surface area contributed by atoms with E-state index in [0.29, 0.717) is 6.29 Å². The third kappa shape index (κ3) is 4.71. The predicted molar refractivity (Wildman–Crippen MR) is 67.3 cm³/mol. The molecule has 0 spiro atoms. The Morgan fingerprint density at radius 3 is 2.60 bits per heavy atom. The van der Waals surface area contributed by atoms with Gasteiger partial charge in [-0.3, -0.25) is 4.79 Å². The zero-order valence-corrected chi connectivity index (χ0v) is 10.5. The maximum absolute atomic E-state index is 10.8. The largest absolute Gasteiger partial charge is 0.507 e. The summed E-state index contributed by atoms with van der Waals surface area (Å²) < 4.78 is 9.50. The Morgan fingerprint density at radius 2 is 2.05 bits per heavy atom. The topological polar surface area (TPSA) is 113 Å². The first-order chi connectivity index (χ1) is 9.38. The molecule has 0 fully saturated rings. The third-order valence-corrected chi connectivity index (χ3v) is 2.21. The lowest BCUT2D eigenvalue weighted by molar-refractivity contribution is -0.213. The lowest BCUT2D eigenvalue weighted by Crippen LogP contribution is -2.41. The first-order valence-electron chi connectivity index (χ1n) is 5.53. The Labute approximate surface area is 114 Å². The van der Waals surface area contributed by atoms with Gasteiger partial charge in [-0.15, -0.1) is 0 Å². The number of phenolic OH excluding ortho intramolecular Hbond substituents is 1. The normalized spacial score (nSPS) is 10.7. The van der Waals surface area contributed by atoms with Crippen molar-refractivity contribution in [2.75, 3.05) is 13.2 Å². The monoisotopic (exact) mass is 282 g/mol. The molecule has 7 nitrogen and oxygen atoms in total. The highest BCUT2D eigenvalue weighted by molar-refractivity contribution is 5.81. The molecule has 0 aliphatic rings. The van der Waals surface area contributed by atoms with E-state index in [0.717, 1.165) is 12.1 Å². The zero-order valence-electron chi connectivity index (χ0n) is 10.5. The number of carbonyl (C=O) groups excluding carboxylic acids is 2. The number of benzene rings is 1. The van der Waals surface area contributed by atoms with E-state index in [9.17, 15) is 24.9 Å². The van der Waals surface area contributed by atoms with Crippen LogP contribution in [0.1, 0.15) is 10.4 Å². The maximum atomic E-state index is 10.8. The Morgan fingerprint density at radius 1 is 1.35 bits per heavy atom. The number of esters is 1. The minimum absolute atomic E-state index is 0.0801. The number of ether oxygens (including phenoxy) is 2. The molecule has 0 heterocycles. The van der Waals surface area contributed by atoms with E-state index in [1.54, 1.807) is 0 Å². The molecule has 0 aromatic heterocycles. The number of hydrogen-bond donors (Lipinski definition) is 3. The zero-order chi connectivity index (χ0) is 15.2. The van der Waals surface area contributed by atoms with Crippen molar-refractivity contribution in [3.63, 3.8) is 0 Å². The van der Waals surface area contributed by atoms with Crippen LogP contribution in [0.2, 0.25) is 0 Å². The van der Waals surface area contributed by atoms with Crippen LogP contribution in [0.5, 0.6) is 11.5 Å². The average molecular weight is 282 g/mol. The predicted octanol–water partition coefficient (Wildman–Crippen LogP) is -0.00640. The van der Waals surface area contributed by atoms with Crippen LogP contribution in [-0.4, -0.2) is 46.6 Å². The van der Waals surface area contributed by atoms with Crippen LogP contribution in [0.25, 0.3) is 0 Å². The minimum atomic E-state index is -2.39. The Hall–Kier alpha value is -2.38. The number of phenols is 1. The molecular formula is C13H14O7. The van der Waals surface area contributed by atoms with Crippen LogP contribution in [0.15, 0.2) is 30.9 Å². The molecule has 1 rings (SSSR count). The Bertz CT molecular complexity index is 507. The number of aromatic hydroxyl groups is 1. The summed E-state index contributed by atoms with van der Waals surface area (Å²) in [6.45, 7) is 1.86. The van der Waals surface area contributed by atoms with Gasteiger partial charge in [0.25, 0.3) is 0 Å². The van der Waals surface area contributed by atoms with E-state index < -0.39 is 25.0 Å². The number of rotatable bonds is 7. The average Bonchev–Trinajstić information content (AvgIpc) is 2.43. The van der Waals surface area contributed by atoms with Crippen molar-refractivity contribution < 1.29 is 34.4 Å². The van der Waals surface area contributed by atoms with Crippen LogP contribution < -0.4 is 4.74 Å². The summed E-state index contributed by atoms with van der Waals surface area (Å²) in [6, 6.07) is 3.83. The van der Waals surface area contributed by atoms with Gasteiger partial charge in [-0.05, 0) is 12.1 Å². The van der Waals surface area contributed by atoms with Gasteiger partial charge in [-0.2, -0.15) is 0 Å². The Kier molecular flexibility index (Phi) is 5.24. The molecule has 0 radical (unpaired) electrons. The first kappa shape index (κ1) is 15.7. The summed E-state index contributed by atoms with van der Waals surface area (Å²) in [5.74, 6) is -3.37. The molecule has 0 bridgehead atoms. The van der Waals surface area contributed by atoms with Gasteiger partial charge in [0, 0.05) is 12.1 Å². The number of hydrogen-bond acceptors (Lipinski definition) is 7. The first-order valence-corrected chi connectivity index (χ1v) is 5.53. The van der Waals surface area contributed by atoms with Crippen LogP contribution in [0.3, 0.4) is 0 Å². The molecule has 7 heteroatoms. The van der Waals surface area contributed by atoms with Crippen molar-refractivity contribution in [1.29, 1.82) is 0 Å². The van der Waals surface area contributed by atoms with Gasteiger partial charge in [-0.1, -0.05) is 6.58 Å². The van der Waals surface area contributed by atoms with Gasteiger partial charge in [0.2, 0.25) is 5.79 Å². The van der Waals surface area contributed by atoms with Crippen LogP contribution in [0.4, 0.5) is 0 Å². The molecule has 1 aromatic carbocycles. The molecule has 0 saturated heterocycles. The highest BCUT2D eigenvalue weighted by atomic mass is 16.6. The van der Waals surface area contributed by atoms with Gasteiger partial charge in [0.1, 0.15) is 24.7 Å². The van der Waals surface area contributed by atoms with Crippen molar-refractivity contribution in [3.8, 4) is 11.5 Å². The smallest absolute Gasteiger partial charge is 0.330 e. The van der Waals surface area contributed by atoms with Crippen LogP contribution >= 0.6 is 0 Å². The van der Waals surface area contributed by atoms with Crippen molar-refractivity contribution >= 4 is 12.3 Å². The molecule has 1 aromatic rings. The van der Waals surface area contributed by atoms with Gasteiger partial charge < -0.3 is 24.8 Å². The van der Waals surface area contributed by atoms with E-state index in [-0.39, 0.29) is 17.1 Å². The standard InChI is InChI=1S/C13H14O7/c1-2-12(16)20-8-13(17,18)7-19-10-4-3-9(6-14)11(15)5-10/h2-6,15,17-18H,1,7-8H2. The van der Waals surface area contributed by atoms with Crippen LogP contribution in [0, 0.1) is 0 Å². The highest BCUT2D eigenvalue weighted by Gasteiger charge is 2.26. The number of aliphatic hydroxyl groups is 2. The van der Waals surface area contributed by atoms with Gasteiger partial charge in [0.05, 0.1) is 5.56 Å². The van der Waals surface area contributed by atoms with Crippen molar-refractivity contribution in [1.82, 2.24) is 0 Å². The van der Waals surface area contributed by atoms with Gasteiger partial charge in [-0.25, -0.2) is 4.79 Å². The number of aldehydes is 1. The Balaban J connectivity index is 2.57. The summed E-state index contributed by atoms with van der Waals surface area (Å²) >= 11 is 0. The fourth-order valence-electron chi connectivity index (χ4n) is 1.20. The van der Waals surface area contributed by atoms with E-state index >= 15 is 0 Å². The second-order valence-electron chi connectivity index (χ2n) is 3.92. The quantitative estimate of drug-likeness (QED) is 0.279. The van der Waals surface area contributed by atoms with Crippen molar-refractivity contribution in [2.45, 2.75) is 5.79 Å². The summed E-state index contributed by atoms with van der Waals surface area (Å²) in [6.07, 6.45) is 1.35. The minimum Gasteiger partial charge on any atom is -0.507 e. The summed E-state index contributed by atoms with van der Waals surface area (Å²) in [5, 5.41) is 28.4. The van der Waals surface area contributed by atoms with Crippen LogP contribution in [-0.2, 0) is 9.53 Å². The SMILES string of the molecule is C=CC(=O)OCC(O)(O)COc1ccc(C=O)c(O)c1. The third-order valence-electron chi connectivity index (χ3n) is 2.21. The van der Waals surface area contributed by atoms with Crippen molar-refractivity contribution in [2.24, 2.45) is 0 Å². The molecule has 0 unspecified atom stereocenters. The molecule has 0 amide bonds. The van der Waals surface area contributed by atoms with E-state index in [2.05, 4.69) is 11.3 Å². The molecule has 20 heavy (non-hydrogen) atoms. The highest BCUT2D eigenvalue weighted by Crippen LogP contribution is 2.22. The second-order valence-corrected chi connectivity index (χ2v) is 3.92. The molecule has 3 N–H and O–H groups in total. The maximum Gasteiger partial charge on any atom is 0.330 e. The van der Waals surface area contributed by atoms with E-state index in [1.165, 1.54) is 12.1 Å². The molecule has 0 aliphatic heterocycles. The summed E-state index contributed by atoms with van der Waals surface area (Å²) in [5.41, 5.74) is 0.0801. The molecular weight excluding hydrogens is 268 g/mol. The van der Waals surface area contributed by atoms with Gasteiger partial charge in [0.15, 0.2) is 6.29 Å². The second kappa shape index (κ2) is 6.69. The number of carbonyl (C=O) groups is 2. The fourth-order valence-corrected chi connectivity index (χ4v) is 1.20. The van der Waals surface area contributed by atoms with Crippen molar-refractivity contribution in [3.05, 3.63) is 36.4 Å². The van der Waals surface area contributed by atoms with E-state index in [4.69, 9.17) is 4.74 Å². The molecule has 0 atom stereocenters. The lowest BCUT2D eigenvalue weighted by Gasteiger charge is -2.21. The fraction of sp³-hybridized carbons (Fsp3) is 0.231. The van der Waals surface area contributed by atoms with E-state index in [1.807, 2.05) is 0 Å².